The molecule has 3 amide bonds. The van der Waals surface area contributed by atoms with Crippen molar-refractivity contribution >= 4 is 29.1 Å². The number of imide groups is 1. The average molecular weight is 400 g/mol. The summed E-state index contributed by atoms with van der Waals surface area (Å²) < 4.78 is 0. The Hall–Kier alpha value is -3.21. The topological polar surface area (TPSA) is 66.5 Å². The minimum Gasteiger partial charge on any atom is -0.322 e. The van der Waals surface area contributed by atoms with Crippen LogP contribution in [0.1, 0.15) is 34.8 Å². The van der Waals surface area contributed by atoms with Crippen LogP contribution in [0.3, 0.4) is 0 Å². The third-order valence-corrected chi connectivity index (χ3v) is 6.75. The Morgan fingerprint density at radius 2 is 1.57 bits per heavy atom. The zero-order valence-electron chi connectivity index (χ0n) is 17.3. The number of benzene rings is 2. The van der Waals surface area contributed by atoms with Crippen LogP contribution in [0, 0.1) is 37.5 Å². The molecule has 1 saturated carbocycles. The number of nitrogens with zero attached hydrogens (tertiary/aromatic N) is 1. The summed E-state index contributed by atoms with van der Waals surface area (Å²) >= 11 is 0. The Balaban J connectivity index is 1.35. The molecular formula is C25H24N2O3. The van der Waals surface area contributed by atoms with Crippen molar-refractivity contribution in [3.05, 3.63) is 70.8 Å². The van der Waals surface area contributed by atoms with Gasteiger partial charge in [0, 0.05) is 11.3 Å². The Bertz CT molecular complexity index is 1100. The normalized spacial score (nSPS) is 26.8. The molecule has 152 valence electrons. The highest BCUT2D eigenvalue weighted by Gasteiger charge is 2.60. The molecular weight excluding hydrogens is 376 g/mol. The summed E-state index contributed by atoms with van der Waals surface area (Å²) in [5.74, 6) is -0.487. The highest BCUT2D eigenvalue weighted by molar-refractivity contribution is 6.23. The molecule has 5 rings (SSSR count). The fourth-order valence-corrected chi connectivity index (χ4v) is 5.54. The van der Waals surface area contributed by atoms with Crippen molar-refractivity contribution in [2.24, 2.45) is 23.7 Å². The summed E-state index contributed by atoms with van der Waals surface area (Å²) in [5, 5.41) is 2.91. The maximum atomic E-state index is 13.1. The highest BCUT2D eigenvalue weighted by Crippen LogP contribution is 2.55. The number of carbonyl (C=O) groups excluding carboxylic acids is 3. The van der Waals surface area contributed by atoms with E-state index < -0.39 is 0 Å². The van der Waals surface area contributed by atoms with Gasteiger partial charge in [-0.1, -0.05) is 17.7 Å². The first-order valence-electron chi connectivity index (χ1n) is 10.4. The molecule has 4 atom stereocenters. The van der Waals surface area contributed by atoms with Gasteiger partial charge in [0.15, 0.2) is 0 Å². The number of nitrogens with one attached hydrogen (secondary N) is 1. The van der Waals surface area contributed by atoms with Crippen molar-refractivity contribution < 1.29 is 14.4 Å². The summed E-state index contributed by atoms with van der Waals surface area (Å²) in [7, 11) is 0. The molecule has 2 aromatic rings. The van der Waals surface area contributed by atoms with E-state index in [9.17, 15) is 14.4 Å². The number of fused-ring (bicyclic) bond motifs is 5. The Morgan fingerprint density at radius 1 is 0.933 bits per heavy atom. The van der Waals surface area contributed by atoms with Crippen molar-refractivity contribution in [2.45, 2.75) is 27.2 Å². The molecule has 1 aliphatic heterocycles. The van der Waals surface area contributed by atoms with Gasteiger partial charge in [0.25, 0.3) is 5.91 Å². The molecule has 2 aromatic carbocycles. The lowest BCUT2D eigenvalue weighted by Crippen LogP contribution is -2.33. The Labute approximate surface area is 175 Å². The van der Waals surface area contributed by atoms with E-state index in [0.717, 1.165) is 23.2 Å². The molecule has 1 N–H and O–H groups in total. The Morgan fingerprint density at radius 3 is 2.23 bits per heavy atom. The van der Waals surface area contributed by atoms with Gasteiger partial charge in [-0.05, 0) is 86.6 Å². The van der Waals surface area contributed by atoms with E-state index in [-0.39, 0.29) is 41.4 Å². The summed E-state index contributed by atoms with van der Waals surface area (Å²) in [4.78, 5) is 40.0. The fourth-order valence-electron chi connectivity index (χ4n) is 5.54. The maximum Gasteiger partial charge on any atom is 0.255 e. The SMILES string of the molecule is CC1=C[C@H]2C[C@H]1[C@H]1C(=O)N(c3ccc(C(=O)Nc4cc(C)cc(C)c4)cc3)C(=O)[C@@H]12. The highest BCUT2D eigenvalue weighted by atomic mass is 16.2. The van der Waals surface area contributed by atoms with Crippen LogP contribution in [0.5, 0.6) is 0 Å². The number of aryl methyl sites for hydroxylation is 2. The lowest BCUT2D eigenvalue weighted by atomic mass is 9.82. The van der Waals surface area contributed by atoms with Gasteiger partial charge >= 0.3 is 0 Å². The lowest BCUT2D eigenvalue weighted by molar-refractivity contribution is -0.123. The van der Waals surface area contributed by atoms with Crippen molar-refractivity contribution in [3.8, 4) is 0 Å². The number of amides is 3. The third kappa shape index (κ3) is 2.80. The lowest BCUT2D eigenvalue weighted by Gasteiger charge is -2.19. The summed E-state index contributed by atoms with van der Waals surface area (Å²) in [6.07, 6.45) is 3.09. The zero-order chi connectivity index (χ0) is 21.2. The van der Waals surface area contributed by atoms with Crippen molar-refractivity contribution in [3.63, 3.8) is 0 Å². The van der Waals surface area contributed by atoms with Crippen LogP contribution in [0.25, 0.3) is 0 Å². The van der Waals surface area contributed by atoms with E-state index in [2.05, 4.69) is 18.3 Å². The number of hydrogen-bond acceptors (Lipinski definition) is 3. The van der Waals surface area contributed by atoms with Crippen LogP contribution in [-0.2, 0) is 9.59 Å². The third-order valence-electron chi connectivity index (χ3n) is 6.75. The predicted octanol–water partition coefficient (Wildman–Crippen LogP) is 4.26. The Kier molecular flexibility index (Phi) is 4.17. The smallest absolute Gasteiger partial charge is 0.255 e. The first kappa shape index (κ1) is 18.8. The van der Waals surface area contributed by atoms with Gasteiger partial charge in [0.05, 0.1) is 17.5 Å². The first-order chi connectivity index (χ1) is 14.3. The second-order valence-corrected chi connectivity index (χ2v) is 8.86. The molecule has 30 heavy (non-hydrogen) atoms. The first-order valence-corrected chi connectivity index (χ1v) is 10.4. The second-order valence-electron chi connectivity index (χ2n) is 8.86. The van der Waals surface area contributed by atoms with Gasteiger partial charge in [-0.3, -0.25) is 19.3 Å². The summed E-state index contributed by atoms with van der Waals surface area (Å²) in [6, 6.07) is 12.6. The summed E-state index contributed by atoms with van der Waals surface area (Å²) in [5.41, 5.74) is 5.17. The van der Waals surface area contributed by atoms with Gasteiger partial charge in [-0.2, -0.15) is 0 Å². The number of carbonyl (C=O) groups is 3. The quantitative estimate of drug-likeness (QED) is 0.618. The van der Waals surface area contributed by atoms with Crippen molar-refractivity contribution in [1.29, 1.82) is 0 Å². The number of anilines is 2. The van der Waals surface area contributed by atoms with Crippen LogP contribution in [0.2, 0.25) is 0 Å². The number of rotatable bonds is 3. The van der Waals surface area contributed by atoms with Gasteiger partial charge in [-0.25, -0.2) is 0 Å². The molecule has 2 fully saturated rings. The summed E-state index contributed by atoms with van der Waals surface area (Å²) in [6.45, 7) is 6.03. The van der Waals surface area contributed by atoms with Crippen molar-refractivity contribution in [2.75, 3.05) is 10.2 Å². The fraction of sp³-hybridized carbons (Fsp3) is 0.320. The van der Waals surface area contributed by atoms with Crippen molar-refractivity contribution in [1.82, 2.24) is 0 Å². The van der Waals surface area contributed by atoms with Gasteiger partial charge < -0.3 is 5.32 Å². The molecule has 2 aliphatic carbocycles. The molecule has 0 spiro atoms. The van der Waals surface area contributed by atoms with E-state index in [4.69, 9.17) is 0 Å². The van der Waals surface area contributed by atoms with E-state index in [0.29, 0.717) is 11.3 Å². The molecule has 2 bridgehead atoms. The largest absolute Gasteiger partial charge is 0.322 e. The second kappa shape index (κ2) is 6.66. The molecule has 1 saturated heterocycles. The van der Waals surface area contributed by atoms with Crippen LogP contribution in [0.4, 0.5) is 11.4 Å². The van der Waals surface area contributed by atoms with Gasteiger partial charge in [0.1, 0.15) is 0 Å². The monoisotopic (exact) mass is 400 g/mol. The predicted molar refractivity (Wildman–Crippen MR) is 115 cm³/mol. The molecule has 1 heterocycles. The van der Waals surface area contributed by atoms with Gasteiger partial charge in [0.2, 0.25) is 11.8 Å². The zero-order valence-corrected chi connectivity index (χ0v) is 17.3. The molecule has 0 aromatic heterocycles. The van der Waals surface area contributed by atoms with E-state index in [1.165, 1.54) is 10.5 Å². The van der Waals surface area contributed by atoms with Gasteiger partial charge in [-0.15, -0.1) is 0 Å². The van der Waals surface area contributed by atoms with Crippen LogP contribution in [0.15, 0.2) is 54.1 Å². The molecule has 5 heteroatoms. The molecule has 5 nitrogen and oxygen atoms in total. The van der Waals surface area contributed by atoms with E-state index in [1.54, 1.807) is 24.3 Å². The average Bonchev–Trinajstić information content (AvgIpc) is 3.32. The molecule has 3 aliphatic rings. The minimum absolute atomic E-state index is 0.0996. The van der Waals surface area contributed by atoms with Crippen LogP contribution in [-0.4, -0.2) is 17.7 Å². The van der Waals surface area contributed by atoms with E-state index in [1.807, 2.05) is 32.0 Å². The number of allylic oxidation sites excluding steroid dienone is 2. The molecule has 0 radical (unpaired) electrons. The standard InChI is InChI=1S/C25H24N2O3/c1-13-8-14(2)10-18(9-13)26-23(28)16-4-6-19(7-5-16)27-24(29)21-17-11-15(3)20(12-17)22(21)25(27)30/h4-11,17,20-22H,12H2,1-3H3,(H,26,28)/t17-,20+,21+,22+/m0/s1. The molecule has 0 unspecified atom stereocenters. The minimum atomic E-state index is -0.223. The maximum absolute atomic E-state index is 13.1. The van der Waals surface area contributed by atoms with Crippen LogP contribution < -0.4 is 10.2 Å². The van der Waals surface area contributed by atoms with Crippen LogP contribution >= 0.6 is 0 Å². The number of hydrogen-bond donors (Lipinski definition) is 1. The van der Waals surface area contributed by atoms with E-state index >= 15 is 0 Å².